The third-order valence-corrected chi connectivity index (χ3v) is 7.13. The molecule has 0 aliphatic rings. The first-order valence-corrected chi connectivity index (χ1v) is 12.6. The molecule has 0 aromatic carbocycles. The number of nitrogens with zero attached hydrogens (tertiary/aromatic N) is 6. The average molecular weight is 542 g/mol. The molecule has 0 aliphatic carbocycles. The molecule has 3 aromatic heterocycles. The fourth-order valence-electron chi connectivity index (χ4n) is 3.48. The van der Waals surface area contributed by atoms with Crippen molar-refractivity contribution in [3.8, 4) is 17.4 Å². The zero-order chi connectivity index (χ0) is 26.3. The highest BCUT2D eigenvalue weighted by Gasteiger charge is 2.35. The van der Waals surface area contributed by atoms with Crippen LogP contribution in [0.1, 0.15) is 24.9 Å². The predicted molar refractivity (Wildman–Crippen MR) is 131 cm³/mol. The smallest absolute Gasteiger partial charge is 0.240 e. The Kier molecular flexibility index (Phi) is 9.50. The standard InChI is InChI=1S/C21H28ClN7O6S/c1-13(18(35-5)19-23-9-14(22)10-24-19)36(30,31)28-21-27-26-20(16-7-6-8-17(25-16)34-4)29(21)15(11-32-2)12-33-3/h6-10,13,15,18H,11-12H2,1-5H3,(H,27,28)/t13-,18-/m0/s1. The summed E-state index contributed by atoms with van der Waals surface area (Å²) in [6, 6.07) is 4.65. The molecular formula is C21H28ClN7O6S. The van der Waals surface area contributed by atoms with Crippen molar-refractivity contribution >= 4 is 27.6 Å². The summed E-state index contributed by atoms with van der Waals surface area (Å²) >= 11 is 5.86. The van der Waals surface area contributed by atoms with Crippen molar-refractivity contribution in [3.05, 3.63) is 41.4 Å². The lowest BCUT2D eigenvalue weighted by Crippen LogP contribution is -2.34. The number of rotatable bonds is 13. The molecule has 1 N–H and O–H groups in total. The van der Waals surface area contributed by atoms with Crippen LogP contribution in [0.25, 0.3) is 11.5 Å². The molecule has 36 heavy (non-hydrogen) atoms. The van der Waals surface area contributed by atoms with Gasteiger partial charge in [-0.05, 0) is 13.0 Å². The number of pyridine rings is 1. The Hall–Kier alpha value is -2.91. The van der Waals surface area contributed by atoms with E-state index in [4.69, 9.17) is 30.5 Å². The van der Waals surface area contributed by atoms with Gasteiger partial charge in [0.15, 0.2) is 11.6 Å². The Morgan fingerprint density at radius 3 is 2.31 bits per heavy atom. The highest BCUT2D eigenvalue weighted by atomic mass is 35.5. The summed E-state index contributed by atoms with van der Waals surface area (Å²) in [4.78, 5) is 12.6. The predicted octanol–water partition coefficient (Wildman–Crippen LogP) is 2.14. The number of hydrogen-bond acceptors (Lipinski definition) is 11. The molecule has 0 unspecified atom stereocenters. The van der Waals surface area contributed by atoms with Gasteiger partial charge >= 0.3 is 0 Å². The van der Waals surface area contributed by atoms with Crippen LogP contribution in [0.4, 0.5) is 5.95 Å². The van der Waals surface area contributed by atoms with Crippen LogP contribution < -0.4 is 9.46 Å². The molecule has 0 aliphatic heterocycles. The van der Waals surface area contributed by atoms with Gasteiger partial charge in [-0.2, -0.15) is 0 Å². The van der Waals surface area contributed by atoms with E-state index in [-0.39, 0.29) is 25.0 Å². The van der Waals surface area contributed by atoms with Crippen molar-refractivity contribution in [2.24, 2.45) is 0 Å². The van der Waals surface area contributed by atoms with Crippen molar-refractivity contribution < 1.29 is 27.4 Å². The molecule has 15 heteroatoms. The number of nitrogens with one attached hydrogen (secondary N) is 1. The second-order valence-corrected chi connectivity index (χ2v) is 10.1. The van der Waals surface area contributed by atoms with Gasteiger partial charge in [0.2, 0.25) is 21.9 Å². The Bertz CT molecular complexity index is 1240. The molecule has 0 bridgehead atoms. The number of anilines is 1. The molecule has 3 rings (SSSR count). The number of ether oxygens (including phenoxy) is 4. The Morgan fingerprint density at radius 2 is 1.72 bits per heavy atom. The largest absolute Gasteiger partial charge is 0.481 e. The molecule has 0 amide bonds. The van der Waals surface area contributed by atoms with Crippen molar-refractivity contribution in [2.75, 3.05) is 46.4 Å². The minimum atomic E-state index is -4.09. The van der Waals surface area contributed by atoms with Crippen LogP contribution >= 0.6 is 11.6 Å². The highest BCUT2D eigenvalue weighted by molar-refractivity contribution is 7.93. The number of aromatic nitrogens is 6. The van der Waals surface area contributed by atoms with Crippen molar-refractivity contribution in [3.63, 3.8) is 0 Å². The molecule has 0 saturated carbocycles. The van der Waals surface area contributed by atoms with E-state index in [1.54, 1.807) is 22.8 Å². The van der Waals surface area contributed by atoms with E-state index in [0.717, 1.165) is 0 Å². The lowest BCUT2D eigenvalue weighted by Gasteiger charge is -2.24. The number of halogens is 1. The van der Waals surface area contributed by atoms with Gasteiger partial charge < -0.3 is 18.9 Å². The van der Waals surface area contributed by atoms with Gasteiger partial charge in [-0.1, -0.05) is 17.7 Å². The van der Waals surface area contributed by atoms with Crippen LogP contribution in [-0.4, -0.2) is 85.0 Å². The summed E-state index contributed by atoms with van der Waals surface area (Å²) < 4.78 is 52.3. The fraction of sp³-hybridized carbons (Fsp3) is 0.476. The van der Waals surface area contributed by atoms with Gasteiger partial charge in [-0.25, -0.2) is 23.4 Å². The van der Waals surface area contributed by atoms with Crippen LogP contribution in [0.3, 0.4) is 0 Å². The fourth-order valence-corrected chi connectivity index (χ4v) is 4.71. The first kappa shape index (κ1) is 27.7. The monoisotopic (exact) mass is 541 g/mol. The third-order valence-electron chi connectivity index (χ3n) is 5.24. The van der Waals surface area contributed by atoms with Crippen LogP contribution in [0.15, 0.2) is 30.6 Å². The summed E-state index contributed by atoms with van der Waals surface area (Å²) in [5, 5.41) is 7.52. The van der Waals surface area contributed by atoms with Crippen LogP contribution in [0.5, 0.6) is 5.88 Å². The molecule has 0 fully saturated rings. The molecule has 2 atom stereocenters. The maximum absolute atomic E-state index is 13.4. The second kappa shape index (κ2) is 12.4. The van der Waals surface area contributed by atoms with Crippen molar-refractivity contribution in [1.29, 1.82) is 0 Å². The minimum Gasteiger partial charge on any atom is -0.481 e. The van der Waals surface area contributed by atoms with Gasteiger partial charge in [0.25, 0.3) is 0 Å². The Labute approximate surface area is 214 Å². The van der Waals surface area contributed by atoms with Crippen LogP contribution in [-0.2, 0) is 24.2 Å². The van der Waals surface area contributed by atoms with Crippen LogP contribution in [0, 0.1) is 0 Å². The van der Waals surface area contributed by atoms with Gasteiger partial charge in [0.05, 0.1) is 31.4 Å². The maximum atomic E-state index is 13.4. The van der Waals surface area contributed by atoms with E-state index in [1.165, 1.54) is 47.8 Å². The third kappa shape index (κ3) is 6.25. The van der Waals surface area contributed by atoms with Gasteiger partial charge in [-0.15, -0.1) is 10.2 Å². The minimum absolute atomic E-state index is 0.0487. The van der Waals surface area contributed by atoms with Gasteiger partial charge in [0.1, 0.15) is 17.0 Å². The van der Waals surface area contributed by atoms with Crippen molar-refractivity contribution in [2.45, 2.75) is 24.3 Å². The summed E-state index contributed by atoms with van der Waals surface area (Å²) in [7, 11) is 1.83. The molecule has 3 heterocycles. The summed E-state index contributed by atoms with van der Waals surface area (Å²) in [6.45, 7) is 1.85. The molecule has 0 saturated heterocycles. The SMILES string of the molecule is COCC(COC)n1c(NS(=O)(=O)[C@@H](C)[C@H](OC)c2ncc(Cl)cn2)nnc1-c1cccc(OC)n1. The number of methoxy groups -OCH3 is 4. The summed E-state index contributed by atoms with van der Waals surface area (Å²) in [5.41, 5.74) is 0.418. The topological polar surface area (TPSA) is 152 Å². The molecule has 3 aromatic rings. The van der Waals surface area contributed by atoms with E-state index >= 15 is 0 Å². The van der Waals surface area contributed by atoms with E-state index in [2.05, 4.69) is 29.9 Å². The number of sulfonamides is 1. The van der Waals surface area contributed by atoms with Crippen molar-refractivity contribution in [1.82, 2.24) is 29.7 Å². The van der Waals surface area contributed by atoms with Gasteiger partial charge in [0, 0.05) is 39.8 Å². The lowest BCUT2D eigenvalue weighted by molar-refractivity contribution is 0.0907. The molecule has 13 nitrogen and oxygen atoms in total. The Morgan fingerprint density at radius 1 is 1.06 bits per heavy atom. The molecule has 0 radical (unpaired) electrons. The Balaban J connectivity index is 2.03. The summed E-state index contributed by atoms with van der Waals surface area (Å²) in [6.07, 6.45) is 1.75. The maximum Gasteiger partial charge on any atom is 0.240 e. The van der Waals surface area contributed by atoms with Crippen LogP contribution in [0.2, 0.25) is 5.02 Å². The zero-order valence-electron chi connectivity index (χ0n) is 20.5. The molecular weight excluding hydrogens is 514 g/mol. The average Bonchev–Trinajstić information content (AvgIpc) is 3.28. The van der Waals surface area contributed by atoms with E-state index < -0.39 is 27.4 Å². The van der Waals surface area contributed by atoms with E-state index in [1.807, 2.05) is 0 Å². The van der Waals surface area contributed by atoms with Gasteiger partial charge in [-0.3, -0.25) is 9.29 Å². The zero-order valence-corrected chi connectivity index (χ0v) is 22.0. The normalized spacial score (nSPS) is 13.5. The lowest BCUT2D eigenvalue weighted by atomic mass is 10.2. The number of hydrogen-bond donors (Lipinski definition) is 1. The molecule has 196 valence electrons. The quantitative estimate of drug-likeness (QED) is 0.338. The summed E-state index contributed by atoms with van der Waals surface area (Å²) in [5.74, 6) is 0.771. The highest BCUT2D eigenvalue weighted by Crippen LogP contribution is 2.29. The first-order valence-electron chi connectivity index (χ1n) is 10.7. The van der Waals surface area contributed by atoms with E-state index in [9.17, 15) is 8.42 Å². The first-order chi connectivity index (χ1) is 17.2. The second-order valence-electron chi connectivity index (χ2n) is 7.61. The molecule has 0 spiro atoms. The van der Waals surface area contributed by atoms with E-state index in [0.29, 0.717) is 22.4 Å².